The monoisotopic (exact) mass is 184 g/mol. The summed E-state index contributed by atoms with van der Waals surface area (Å²) in [6.45, 7) is 6.69. The van der Waals surface area contributed by atoms with Crippen molar-refractivity contribution in [3.05, 3.63) is 53.5 Å². The Morgan fingerprint density at radius 3 is 2.71 bits per heavy atom. The third kappa shape index (κ3) is 1.50. The summed E-state index contributed by atoms with van der Waals surface area (Å²) in [5.41, 5.74) is 4.17. The fourth-order valence-corrected chi connectivity index (χ4v) is 2.12. The first-order chi connectivity index (χ1) is 6.70. The lowest BCUT2D eigenvalue weighted by Crippen LogP contribution is -1.95. The Morgan fingerprint density at radius 2 is 2.00 bits per heavy atom. The SMILES string of the molecule is CC1=C(C(C)C)[C]C2=CC=CC=CC21. The molecule has 0 heterocycles. The summed E-state index contributed by atoms with van der Waals surface area (Å²) in [7, 11) is 0. The van der Waals surface area contributed by atoms with Gasteiger partial charge in [0.1, 0.15) is 0 Å². The first-order valence-electron chi connectivity index (χ1n) is 5.23. The standard InChI is InChI=1S/C14H16/c1-10(2)14-9-12-7-5-4-6-8-13(12)11(14)3/h4-8,10,13H,1-3H3. The molecule has 0 aromatic rings. The predicted octanol–water partition coefficient (Wildman–Crippen LogP) is 3.72. The van der Waals surface area contributed by atoms with E-state index in [1.807, 2.05) is 0 Å². The molecule has 0 nitrogen and oxygen atoms in total. The lowest BCUT2D eigenvalue weighted by Gasteiger charge is -2.08. The molecule has 1 atom stereocenters. The molecule has 2 aliphatic carbocycles. The molecule has 2 rings (SSSR count). The fraction of sp³-hybridized carbons (Fsp3) is 0.357. The van der Waals surface area contributed by atoms with Crippen molar-refractivity contribution in [3.63, 3.8) is 0 Å². The molecule has 0 bridgehead atoms. The minimum atomic E-state index is 0.474. The van der Waals surface area contributed by atoms with Gasteiger partial charge in [0.15, 0.2) is 0 Å². The van der Waals surface area contributed by atoms with Gasteiger partial charge in [-0.3, -0.25) is 0 Å². The van der Waals surface area contributed by atoms with E-state index in [9.17, 15) is 0 Å². The summed E-state index contributed by atoms with van der Waals surface area (Å²) in [6, 6.07) is 0. The number of hydrogen-bond donors (Lipinski definition) is 0. The molecule has 0 aromatic carbocycles. The summed E-state index contributed by atoms with van der Waals surface area (Å²) in [5, 5.41) is 0. The highest BCUT2D eigenvalue weighted by atomic mass is 14.3. The first-order valence-corrected chi connectivity index (χ1v) is 5.23. The topological polar surface area (TPSA) is 0 Å². The highest BCUT2D eigenvalue weighted by molar-refractivity contribution is 5.51. The van der Waals surface area contributed by atoms with Crippen molar-refractivity contribution in [2.45, 2.75) is 20.8 Å². The maximum absolute atomic E-state index is 3.52. The molecule has 0 aromatic heterocycles. The largest absolute Gasteiger partial charge is 0.0733 e. The molecule has 14 heavy (non-hydrogen) atoms. The molecule has 0 saturated carbocycles. The third-order valence-electron chi connectivity index (χ3n) is 2.88. The van der Waals surface area contributed by atoms with Gasteiger partial charge in [0.25, 0.3) is 0 Å². The normalized spacial score (nSPS) is 25.4. The second-order valence-corrected chi connectivity index (χ2v) is 4.25. The molecule has 0 N–H and O–H groups in total. The Kier molecular flexibility index (Phi) is 2.45. The third-order valence-corrected chi connectivity index (χ3v) is 2.88. The average Bonchev–Trinajstić information content (AvgIpc) is 2.37. The van der Waals surface area contributed by atoms with Crippen LogP contribution in [0.3, 0.4) is 0 Å². The second kappa shape index (κ2) is 3.61. The minimum absolute atomic E-state index is 0.474. The van der Waals surface area contributed by atoms with Gasteiger partial charge >= 0.3 is 0 Å². The summed E-state index contributed by atoms with van der Waals surface area (Å²) in [6.07, 6.45) is 14.2. The van der Waals surface area contributed by atoms with Crippen LogP contribution in [0.4, 0.5) is 0 Å². The number of allylic oxidation sites excluding steroid dienone is 8. The van der Waals surface area contributed by atoms with Gasteiger partial charge in [-0.2, -0.15) is 0 Å². The van der Waals surface area contributed by atoms with E-state index in [-0.39, 0.29) is 0 Å². The molecule has 0 amide bonds. The van der Waals surface area contributed by atoms with E-state index in [0.29, 0.717) is 11.8 Å². The lowest BCUT2D eigenvalue weighted by molar-refractivity contribution is 0.772. The number of rotatable bonds is 1. The second-order valence-electron chi connectivity index (χ2n) is 4.25. The molecule has 0 aliphatic heterocycles. The zero-order valence-electron chi connectivity index (χ0n) is 9.04. The minimum Gasteiger partial charge on any atom is -0.0733 e. The van der Waals surface area contributed by atoms with Crippen molar-refractivity contribution in [2.75, 3.05) is 0 Å². The molecule has 0 spiro atoms. The molecule has 1 unspecified atom stereocenters. The Bertz CT molecular complexity index is 348. The highest BCUT2D eigenvalue weighted by Crippen LogP contribution is 2.40. The van der Waals surface area contributed by atoms with Gasteiger partial charge in [0.2, 0.25) is 0 Å². The Labute approximate surface area is 86.7 Å². The quantitative estimate of drug-likeness (QED) is 0.582. The average molecular weight is 184 g/mol. The van der Waals surface area contributed by atoms with Crippen LogP contribution in [0.15, 0.2) is 47.1 Å². The van der Waals surface area contributed by atoms with Crippen LogP contribution in [0.25, 0.3) is 0 Å². The van der Waals surface area contributed by atoms with Crippen molar-refractivity contribution in [1.29, 1.82) is 0 Å². The highest BCUT2D eigenvalue weighted by Gasteiger charge is 2.27. The molecule has 2 aliphatic rings. The van der Waals surface area contributed by atoms with Crippen LogP contribution in [-0.4, -0.2) is 0 Å². The van der Waals surface area contributed by atoms with Gasteiger partial charge in [-0.1, -0.05) is 55.4 Å². The van der Waals surface area contributed by atoms with E-state index in [2.05, 4.69) is 57.6 Å². The summed E-state index contributed by atoms with van der Waals surface area (Å²) in [4.78, 5) is 0. The Hall–Kier alpha value is -1.04. The Morgan fingerprint density at radius 1 is 1.21 bits per heavy atom. The van der Waals surface area contributed by atoms with Crippen molar-refractivity contribution in [1.82, 2.24) is 0 Å². The van der Waals surface area contributed by atoms with Crippen LogP contribution in [0.5, 0.6) is 0 Å². The van der Waals surface area contributed by atoms with Crippen LogP contribution in [-0.2, 0) is 0 Å². The van der Waals surface area contributed by atoms with Crippen LogP contribution in [0.1, 0.15) is 20.8 Å². The van der Waals surface area contributed by atoms with Crippen LogP contribution in [0, 0.1) is 18.3 Å². The van der Waals surface area contributed by atoms with E-state index in [1.54, 1.807) is 0 Å². The number of hydrogen-bond acceptors (Lipinski definition) is 0. The van der Waals surface area contributed by atoms with Crippen LogP contribution in [0.2, 0.25) is 0 Å². The zero-order chi connectivity index (χ0) is 10.1. The molecular weight excluding hydrogens is 168 g/mol. The Balaban J connectivity index is 2.36. The zero-order valence-corrected chi connectivity index (χ0v) is 9.04. The molecular formula is C14H16. The van der Waals surface area contributed by atoms with Crippen molar-refractivity contribution >= 4 is 0 Å². The van der Waals surface area contributed by atoms with Crippen molar-refractivity contribution in [2.24, 2.45) is 11.8 Å². The van der Waals surface area contributed by atoms with Gasteiger partial charge in [0.05, 0.1) is 0 Å². The van der Waals surface area contributed by atoms with Gasteiger partial charge in [0, 0.05) is 12.3 Å². The van der Waals surface area contributed by atoms with Crippen molar-refractivity contribution < 1.29 is 0 Å². The summed E-state index contributed by atoms with van der Waals surface area (Å²) < 4.78 is 0. The van der Waals surface area contributed by atoms with E-state index in [1.165, 1.54) is 16.7 Å². The van der Waals surface area contributed by atoms with Crippen molar-refractivity contribution in [3.8, 4) is 0 Å². The lowest BCUT2D eigenvalue weighted by atomic mass is 9.97. The summed E-state index contributed by atoms with van der Waals surface area (Å²) >= 11 is 0. The van der Waals surface area contributed by atoms with Gasteiger partial charge in [-0.25, -0.2) is 0 Å². The molecule has 72 valence electrons. The summed E-state index contributed by atoms with van der Waals surface area (Å²) in [5.74, 6) is 1.06. The smallest absolute Gasteiger partial charge is 0.0425 e. The molecule has 0 saturated heterocycles. The maximum Gasteiger partial charge on any atom is 0.0425 e. The van der Waals surface area contributed by atoms with Gasteiger partial charge < -0.3 is 0 Å². The molecule has 2 radical (unpaired) electrons. The number of fused-ring (bicyclic) bond motifs is 1. The van der Waals surface area contributed by atoms with E-state index >= 15 is 0 Å². The predicted molar refractivity (Wildman–Crippen MR) is 60.6 cm³/mol. The molecule has 0 heteroatoms. The molecule has 0 fully saturated rings. The van der Waals surface area contributed by atoms with Crippen LogP contribution < -0.4 is 0 Å². The van der Waals surface area contributed by atoms with E-state index in [4.69, 9.17) is 0 Å². The van der Waals surface area contributed by atoms with Crippen LogP contribution >= 0.6 is 0 Å². The fourth-order valence-electron chi connectivity index (χ4n) is 2.12. The first kappa shape index (κ1) is 9.51. The van der Waals surface area contributed by atoms with E-state index in [0.717, 1.165) is 0 Å². The van der Waals surface area contributed by atoms with Gasteiger partial charge in [-0.15, -0.1) is 0 Å². The van der Waals surface area contributed by atoms with E-state index < -0.39 is 0 Å². The van der Waals surface area contributed by atoms with Gasteiger partial charge in [-0.05, 0) is 18.4 Å². The maximum atomic E-state index is 3.52.